The number of nitrogens with zero attached hydrogens (tertiary/aromatic N) is 3. The summed E-state index contributed by atoms with van der Waals surface area (Å²) in [4.78, 5) is 12.2. The Morgan fingerprint density at radius 1 is 1.12 bits per heavy atom. The summed E-state index contributed by atoms with van der Waals surface area (Å²) in [6, 6.07) is 11.3. The molecule has 0 unspecified atom stereocenters. The van der Waals surface area contributed by atoms with Gasteiger partial charge in [-0.2, -0.15) is 0 Å². The first-order chi connectivity index (χ1) is 11.9. The van der Waals surface area contributed by atoms with E-state index in [4.69, 9.17) is 9.97 Å². The van der Waals surface area contributed by atoms with Crippen LogP contribution in [0.2, 0.25) is 0 Å². The van der Waals surface area contributed by atoms with Gasteiger partial charge in [0.15, 0.2) is 0 Å². The molecule has 1 aliphatic heterocycles. The van der Waals surface area contributed by atoms with E-state index in [0.717, 1.165) is 30.4 Å². The predicted molar refractivity (Wildman–Crippen MR) is 103 cm³/mol. The molecule has 1 aliphatic carbocycles. The van der Waals surface area contributed by atoms with Crippen molar-refractivity contribution in [2.24, 2.45) is 0 Å². The molecule has 2 heterocycles. The van der Waals surface area contributed by atoms with Gasteiger partial charge >= 0.3 is 0 Å². The van der Waals surface area contributed by atoms with E-state index in [-0.39, 0.29) is 5.54 Å². The van der Waals surface area contributed by atoms with Crippen LogP contribution in [0.15, 0.2) is 30.3 Å². The molecule has 1 aromatic heterocycles. The van der Waals surface area contributed by atoms with Crippen LogP contribution in [0.25, 0.3) is 0 Å². The van der Waals surface area contributed by atoms with Gasteiger partial charge in [-0.3, -0.25) is 0 Å². The Labute approximate surface area is 150 Å². The number of fused-ring (bicyclic) bond motifs is 1. The van der Waals surface area contributed by atoms with Crippen LogP contribution in [0.3, 0.4) is 0 Å². The largest absolute Gasteiger partial charge is 0.368 e. The minimum atomic E-state index is 0.0403. The van der Waals surface area contributed by atoms with Gasteiger partial charge in [0.05, 0.1) is 0 Å². The molecule has 1 saturated carbocycles. The van der Waals surface area contributed by atoms with Crippen LogP contribution in [0.1, 0.15) is 63.4 Å². The van der Waals surface area contributed by atoms with E-state index in [0.29, 0.717) is 12.0 Å². The Balaban J connectivity index is 1.73. The highest BCUT2D eigenvalue weighted by atomic mass is 15.3. The molecule has 4 nitrogen and oxygen atoms in total. The molecule has 0 amide bonds. The average Bonchev–Trinajstić information content (AvgIpc) is 3.37. The predicted octanol–water partition coefficient (Wildman–Crippen LogP) is 4.52. The van der Waals surface area contributed by atoms with Crippen molar-refractivity contribution in [1.29, 1.82) is 0 Å². The van der Waals surface area contributed by atoms with Crippen LogP contribution in [-0.4, -0.2) is 21.5 Å². The van der Waals surface area contributed by atoms with Gasteiger partial charge in [0.25, 0.3) is 0 Å². The number of anilines is 2. The fraction of sp³-hybridized carbons (Fsp3) is 0.524. The first-order valence-corrected chi connectivity index (χ1v) is 9.42. The monoisotopic (exact) mass is 336 g/mol. The summed E-state index contributed by atoms with van der Waals surface area (Å²) in [7, 11) is 0. The van der Waals surface area contributed by atoms with Crippen molar-refractivity contribution in [3.63, 3.8) is 0 Å². The fourth-order valence-electron chi connectivity index (χ4n) is 3.71. The van der Waals surface area contributed by atoms with Crippen molar-refractivity contribution in [2.75, 3.05) is 10.2 Å². The number of rotatable bonds is 4. The highest BCUT2D eigenvalue weighted by Crippen LogP contribution is 2.41. The highest BCUT2D eigenvalue weighted by Gasteiger charge is 2.35. The van der Waals surface area contributed by atoms with Gasteiger partial charge in [-0.25, -0.2) is 9.97 Å². The molecular weight excluding hydrogens is 308 g/mol. The second-order valence-corrected chi connectivity index (χ2v) is 8.39. The summed E-state index contributed by atoms with van der Waals surface area (Å²) < 4.78 is 0. The SMILES string of the molecule is CC(C)Nc1cc(N2Cc3ccccc3CC2(C)C)nc(C2CC2)n1. The van der Waals surface area contributed by atoms with E-state index >= 15 is 0 Å². The lowest BCUT2D eigenvalue weighted by atomic mass is 9.85. The smallest absolute Gasteiger partial charge is 0.136 e. The van der Waals surface area contributed by atoms with E-state index in [1.54, 1.807) is 0 Å². The van der Waals surface area contributed by atoms with Crippen molar-refractivity contribution < 1.29 is 0 Å². The standard InChI is InChI=1S/C21H28N4/c1-14(2)22-18-11-19(24-20(23-18)15-9-10-15)25-13-17-8-6-5-7-16(17)12-21(25,3)4/h5-8,11,14-15H,9-10,12-13H2,1-4H3,(H,22,23,24). The van der Waals surface area contributed by atoms with Gasteiger partial charge in [-0.1, -0.05) is 24.3 Å². The van der Waals surface area contributed by atoms with Crippen LogP contribution in [0.5, 0.6) is 0 Å². The minimum absolute atomic E-state index is 0.0403. The molecule has 0 spiro atoms. The second-order valence-electron chi connectivity index (χ2n) is 8.39. The number of hydrogen-bond donors (Lipinski definition) is 1. The lowest BCUT2D eigenvalue weighted by Gasteiger charge is -2.44. The first-order valence-electron chi connectivity index (χ1n) is 9.42. The van der Waals surface area contributed by atoms with Crippen molar-refractivity contribution in [1.82, 2.24) is 9.97 Å². The fourth-order valence-corrected chi connectivity index (χ4v) is 3.71. The third kappa shape index (κ3) is 3.35. The van der Waals surface area contributed by atoms with Gasteiger partial charge in [-0.05, 0) is 58.1 Å². The second kappa shape index (κ2) is 6.01. The number of benzene rings is 1. The van der Waals surface area contributed by atoms with Gasteiger partial charge in [0.2, 0.25) is 0 Å². The summed E-state index contributed by atoms with van der Waals surface area (Å²) in [6.45, 7) is 9.85. The van der Waals surface area contributed by atoms with E-state index in [1.165, 1.54) is 24.0 Å². The van der Waals surface area contributed by atoms with Crippen molar-refractivity contribution in [3.8, 4) is 0 Å². The molecule has 4 rings (SSSR count). The third-order valence-corrected chi connectivity index (χ3v) is 5.19. The topological polar surface area (TPSA) is 41.0 Å². The Bertz CT molecular complexity index is 777. The third-order valence-electron chi connectivity index (χ3n) is 5.19. The summed E-state index contributed by atoms with van der Waals surface area (Å²) in [5, 5.41) is 3.48. The number of hydrogen-bond acceptors (Lipinski definition) is 4. The van der Waals surface area contributed by atoms with Crippen molar-refractivity contribution in [3.05, 3.63) is 47.3 Å². The molecule has 1 fully saturated rings. The molecule has 0 radical (unpaired) electrons. The summed E-state index contributed by atoms with van der Waals surface area (Å²) >= 11 is 0. The molecule has 2 aliphatic rings. The van der Waals surface area contributed by atoms with Gasteiger partial charge in [0.1, 0.15) is 17.5 Å². The molecule has 2 aromatic rings. The molecule has 1 aromatic carbocycles. The van der Waals surface area contributed by atoms with E-state index < -0.39 is 0 Å². The normalized spacial score (nSPS) is 19.0. The highest BCUT2D eigenvalue weighted by molar-refractivity contribution is 5.54. The first kappa shape index (κ1) is 16.4. The molecule has 4 heteroatoms. The number of aromatic nitrogens is 2. The summed E-state index contributed by atoms with van der Waals surface area (Å²) in [6.07, 6.45) is 3.48. The van der Waals surface area contributed by atoms with Crippen LogP contribution in [-0.2, 0) is 13.0 Å². The Kier molecular flexibility index (Phi) is 3.94. The van der Waals surface area contributed by atoms with E-state index in [1.807, 2.05) is 0 Å². The van der Waals surface area contributed by atoms with Gasteiger partial charge < -0.3 is 10.2 Å². The average molecular weight is 336 g/mol. The van der Waals surface area contributed by atoms with Crippen LogP contribution in [0, 0.1) is 0 Å². The van der Waals surface area contributed by atoms with Gasteiger partial charge in [-0.15, -0.1) is 0 Å². The Morgan fingerprint density at radius 2 is 1.84 bits per heavy atom. The maximum Gasteiger partial charge on any atom is 0.136 e. The Morgan fingerprint density at radius 3 is 2.52 bits per heavy atom. The van der Waals surface area contributed by atoms with Crippen LogP contribution in [0.4, 0.5) is 11.6 Å². The molecule has 132 valence electrons. The lowest BCUT2D eigenvalue weighted by Crippen LogP contribution is -2.49. The van der Waals surface area contributed by atoms with Crippen LogP contribution >= 0.6 is 0 Å². The molecular formula is C21H28N4. The molecule has 0 bridgehead atoms. The summed E-state index contributed by atoms with van der Waals surface area (Å²) in [5.41, 5.74) is 2.91. The lowest BCUT2D eigenvalue weighted by molar-refractivity contribution is 0.427. The number of nitrogens with one attached hydrogen (secondary N) is 1. The van der Waals surface area contributed by atoms with Crippen molar-refractivity contribution in [2.45, 2.75) is 71.0 Å². The van der Waals surface area contributed by atoms with E-state index in [9.17, 15) is 0 Å². The molecule has 0 saturated heterocycles. The van der Waals surface area contributed by atoms with Crippen LogP contribution < -0.4 is 10.2 Å². The maximum absolute atomic E-state index is 4.97. The summed E-state index contributed by atoms with van der Waals surface area (Å²) in [5.74, 6) is 3.57. The molecule has 1 N–H and O–H groups in total. The quantitative estimate of drug-likeness (QED) is 0.891. The van der Waals surface area contributed by atoms with E-state index in [2.05, 4.69) is 68.2 Å². The zero-order chi connectivity index (χ0) is 17.6. The zero-order valence-corrected chi connectivity index (χ0v) is 15.7. The minimum Gasteiger partial charge on any atom is -0.368 e. The van der Waals surface area contributed by atoms with Crippen molar-refractivity contribution >= 4 is 11.6 Å². The molecule has 25 heavy (non-hydrogen) atoms. The maximum atomic E-state index is 4.97. The zero-order valence-electron chi connectivity index (χ0n) is 15.7. The van der Waals surface area contributed by atoms with Gasteiger partial charge in [0, 0.05) is 30.1 Å². The Hall–Kier alpha value is -2.10. The molecule has 0 atom stereocenters.